The summed E-state index contributed by atoms with van der Waals surface area (Å²) in [6.07, 6.45) is 2.97. The lowest BCUT2D eigenvalue weighted by molar-refractivity contribution is 0.469. The van der Waals surface area contributed by atoms with Crippen LogP contribution in [-0.4, -0.2) is 5.11 Å². The Bertz CT molecular complexity index is 406. The van der Waals surface area contributed by atoms with E-state index in [0.29, 0.717) is 11.7 Å². The molecule has 0 bridgehead atoms. The van der Waals surface area contributed by atoms with E-state index in [0.717, 1.165) is 19.3 Å². The summed E-state index contributed by atoms with van der Waals surface area (Å²) in [6, 6.07) is 7.91. The zero-order valence-corrected chi connectivity index (χ0v) is 10.9. The third-order valence-corrected chi connectivity index (χ3v) is 3.34. The lowest BCUT2D eigenvalue weighted by Crippen LogP contribution is -2.07. The van der Waals surface area contributed by atoms with Crippen LogP contribution in [0.4, 0.5) is 0 Å². The van der Waals surface area contributed by atoms with Crippen molar-refractivity contribution in [1.29, 1.82) is 5.26 Å². The maximum Gasteiger partial charge on any atom is 0.115 e. The third-order valence-electron chi connectivity index (χ3n) is 3.34. The van der Waals surface area contributed by atoms with Crippen molar-refractivity contribution in [2.24, 2.45) is 5.92 Å². The van der Waals surface area contributed by atoms with E-state index in [1.807, 2.05) is 26.0 Å². The maximum atomic E-state index is 9.46. The van der Waals surface area contributed by atoms with Gasteiger partial charge in [0, 0.05) is 5.92 Å². The fourth-order valence-corrected chi connectivity index (χ4v) is 2.51. The van der Waals surface area contributed by atoms with Gasteiger partial charge in [-0.25, -0.2) is 0 Å². The summed E-state index contributed by atoms with van der Waals surface area (Å²) in [5.41, 5.74) is 2.48. The van der Waals surface area contributed by atoms with Crippen molar-refractivity contribution in [3.8, 4) is 11.8 Å². The number of benzene rings is 1. The Morgan fingerprint density at radius 1 is 1.47 bits per heavy atom. The second kappa shape index (κ2) is 6.30. The van der Waals surface area contributed by atoms with Crippen molar-refractivity contribution in [3.05, 3.63) is 29.3 Å². The number of nitriles is 1. The van der Waals surface area contributed by atoms with Crippen molar-refractivity contribution in [3.63, 3.8) is 0 Å². The van der Waals surface area contributed by atoms with Crippen molar-refractivity contribution >= 4 is 0 Å². The molecular formula is C15H21NO. The number of aryl methyl sites for hydroxylation is 1. The van der Waals surface area contributed by atoms with E-state index in [1.165, 1.54) is 11.1 Å². The lowest BCUT2D eigenvalue weighted by atomic mass is 9.86. The zero-order valence-electron chi connectivity index (χ0n) is 10.9. The molecule has 2 heteroatoms. The minimum Gasteiger partial charge on any atom is -0.508 e. The van der Waals surface area contributed by atoms with Gasteiger partial charge in [0.1, 0.15) is 5.75 Å². The molecule has 0 spiro atoms. The van der Waals surface area contributed by atoms with Gasteiger partial charge >= 0.3 is 0 Å². The minimum atomic E-state index is 0.0908. The highest BCUT2D eigenvalue weighted by Gasteiger charge is 2.28. The fraction of sp³-hybridized carbons (Fsp3) is 0.533. The Hall–Kier alpha value is -1.49. The number of phenolic OH excluding ortho intramolecular Hbond substituents is 1. The summed E-state index contributed by atoms with van der Waals surface area (Å²) < 4.78 is 0. The molecule has 92 valence electrons. The molecule has 1 aromatic carbocycles. The molecule has 1 aliphatic rings. The molecule has 0 amide bonds. The van der Waals surface area contributed by atoms with Crippen LogP contribution in [0, 0.1) is 17.2 Å². The summed E-state index contributed by atoms with van der Waals surface area (Å²) in [5.74, 6) is 0.726. The number of rotatable bonds is 2. The lowest BCUT2D eigenvalue weighted by Gasteiger charge is -2.16. The van der Waals surface area contributed by atoms with E-state index in [9.17, 15) is 5.11 Å². The average Bonchev–Trinajstić information content (AvgIpc) is 2.77. The number of hydrogen-bond acceptors (Lipinski definition) is 2. The first kappa shape index (κ1) is 13.6. The number of aromatic hydroxyl groups is 1. The number of hydrogen-bond donors (Lipinski definition) is 1. The monoisotopic (exact) mass is 231 g/mol. The SMILES string of the molecule is CC.CCC(C#N)C1CCc2ccc(O)cc21. The highest BCUT2D eigenvalue weighted by atomic mass is 16.3. The quantitative estimate of drug-likeness (QED) is 0.836. The summed E-state index contributed by atoms with van der Waals surface area (Å²) in [7, 11) is 0. The number of phenols is 1. The molecule has 1 aliphatic carbocycles. The van der Waals surface area contributed by atoms with Gasteiger partial charge in [-0.05, 0) is 42.5 Å². The van der Waals surface area contributed by atoms with Gasteiger partial charge < -0.3 is 5.11 Å². The zero-order chi connectivity index (χ0) is 12.8. The second-order valence-electron chi connectivity index (χ2n) is 4.17. The Kier molecular flexibility index (Phi) is 5.03. The van der Waals surface area contributed by atoms with Gasteiger partial charge in [-0.15, -0.1) is 0 Å². The van der Waals surface area contributed by atoms with Crippen molar-refractivity contribution in [2.45, 2.75) is 46.0 Å². The minimum absolute atomic E-state index is 0.0908. The smallest absolute Gasteiger partial charge is 0.115 e. The standard InChI is InChI=1S/C13H15NO.C2H6/c1-2-9(8-14)12-6-4-10-3-5-11(15)7-13(10)12;1-2/h3,5,7,9,12,15H,2,4,6H2,1H3;1-2H3. The van der Waals surface area contributed by atoms with Crippen LogP contribution in [0.15, 0.2) is 18.2 Å². The second-order valence-corrected chi connectivity index (χ2v) is 4.17. The largest absolute Gasteiger partial charge is 0.508 e. The van der Waals surface area contributed by atoms with Crippen LogP contribution in [-0.2, 0) is 6.42 Å². The van der Waals surface area contributed by atoms with Crippen molar-refractivity contribution in [2.75, 3.05) is 0 Å². The molecule has 2 unspecified atom stereocenters. The van der Waals surface area contributed by atoms with Crippen LogP contribution in [0.3, 0.4) is 0 Å². The van der Waals surface area contributed by atoms with Gasteiger partial charge in [0.15, 0.2) is 0 Å². The number of fused-ring (bicyclic) bond motifs is 1. The van der Waals surface area contributed by atoms with E-state index < -0.39 is 0 Å². The first-order valence-electron chi connectivity index (χ1n) is 6.47. The van der Waals surface area contributed by atoms with Crippen LogP contribution in [0.2, 0.25) is 0 Å². The summed E-state index contributed by atoms with van der Waals surface area (Å²) in [5, 5.41) is 18.5. The molecule has 0 saturated carbocycles. The van der Waals surface area contributed by atoms with Gasteiger partial charge in [0.25, 0.3) is 0 Å². The normalized spacial score (nSPS) is 18.6. The van der Waals surface area contributed by atoms with Gasteiger partial charge in [-0.1, -0.05) is 26.8 Å². The van der Waals surface area contributed by atoms with Crippen molar-refractivity contribution < 1.29 is 5.11 Å². The Labute approximate surface area is 104 Å². The van der Waals surface area contributed by atoms with Gasteiger partial charge in [-0.3, -0.25) is 0 Å². The van der Waals surface area contributed by atoms with Gasteiger partial charge in [0.05, 0.1) is 12.0 Å². The van der Waals surface area contributed by atoms with Crippen LogP contribution in [0.25, 0.3) is 0 Å². The molecule has 2 atom stereocenters. The molecular weight excluding hydrogens is 210 g/mol. The van der Waals surface area contributed by atoms with Crippen LogP contribution in [0.5, 0.6) is 5.75 Å². The molecule has 0 heterocycles. The molecule has 0 aliphatic heterocycles. The number of nitrogens with zero attached hydrogens (tertiary/aromatic N) is 1. The Balaban J connectivity index is 0.000000686. The summed E-state index contributed by atoms with van der Waals surface area (Å²) in [4.78, 5) is 0. The highest BCUT2D eigenvalue weighted by Crippen LogP contribution is 2.40. The topological polar surface area (TPSA) is 44.0 Å². The van der Waals surface area contributed by atoms with E-state index in [4.69, 9.17) is 5.26 Å². The first-order chi connectivity index (χ1) is 8.26. The van der Waals surface area contributed by atoms with Crippen LogP contribution < -0.4 is 0 Å². The Morgan fingerprint density at radius 3 is 2.76 bits per heavy atom. The predicted octanol–water partition coefficient (Wildman–Crippen LogP) is 4.00. The fourth-order valence-electron chi connectivity index (χ4n) is 2.51. The molecule has 2 rings (SSSR count). The molecule has 1 N–H and O–H groups in total. The molecule has 17 heavy (non-hydrogen) atoms. The Morgan fingerprint density at radius 2 is 2.18 bits per heavy atom. The average molecular weight is 231 g/mol. The van der Waals surface area contributed by atoms with Crippen LogP contribution in [0.1, 0.15) is 50.7 Å². The van der Waals surface area contributed by atoms with Crippen LogP contribution >= 0.6 is 0 Å². The van der Waals surface area contributed by atoms with E-state index in [2.05, 4.69) is 13.0 Å². The molecule has 2 nitrogen and oxygen atoms in total. The third kappa shape index (κ3) is 2.79. The molecule has 0 radical (unpaired) electrons. The van der Waals surface area contributed by atoms with Gasteiger partial charge in [0.2, 0.25) is 0 Å². The summed E-state index contributed by atoms with van der Waals surface area (Å²) >= 11 is 0. The summed E-state index contributed by atoms with van der Waals surface area (Å²) in [6.45, 7) is 6.05. The molecule has 0 aromatic heterocycles. The predicted molar refractivity (Wildman–Crippen MR) is 69.9 cm³/mol. The van der Waals surface area contributed by atoms with E-state index >= 15 is 0 Å². The molecule has 0 saturated heterocycles. The van der Waals surface area contributed by atoms with Crippen molar-refractivity contribution in [1.82, 2.24) is 0 Å². The first-order valence-corrected chi connectivity index (χ1v) is 6.47. The molecule has 0 fully saturated rings. The van der Waals surface area contributed by atoms with E-state index in [1.54, 1.807) is 6.07 Å². The molecule has 1 aromatic rings. The van der Waals surface area contributed by atoms with E-state index in [-0.39, 0.29) is 5.92 Å². The highest BCUT2D eigenvalue weighted by molar-refractivity contribution is 5.41. The maximum absolute atomic E-state index is 9.46. The van der Waals surface area contributed by atoms with Gasteiger partial charge in [-0.2, -0.15) is 5.26 Å².